The maximum absolute atomic E-state index is 11.1. The highest BCUT2D eigenvalue weighted by molar-refractivity contribution is 6.30. The van der Waals surface area contributed by atoms with Crippen LogP contribution in [0, 0.1) is 6.92 Å². The predicted octanol–water partition coefficient (Wildman–Crippen LogP) is 3.79. The van der Waals surface area contributed by atoms with Gasteiger partial charge in [-0.25, -0.2) is 0 Å². The molecule has 1 aromatic rings. The monoisotopic (exact) mass is 240 g/mol. The number of benzene rings is 1. The van der Waals surface area contributed by atoms with E-state index in [0.29, 0.717) is 24.5 Å². The number of ketones is 1. The molecule has 0 fully saturated rings. The molecular weight excluding hydrogens is 224 g/mol. The summed E-state index contributed by atoms with van der Waals surface area (Å²) in [7, 11) is 0. The van der Waals surface area contributed by atoms with Crippen LogP contribution in [0.15, 0.2) is 18.2 Å². The van der Waals surface area contributed by atoms with Gasteiger partial charge in [0.1, 0.15) is 11.5 Å². The third-order valence-corrected chi connectivity index (χ3v) is 2.64. The molecule has 0 aromatic heterocycles. The first-order chi connectivity index (χ1) is 7.63. The Bertz CT molecular complexity index is 361. The van der Waals surface area contributed by atoms with Crippen molar-refractivity contribution < 1.29 is 9.53 Å². The van der Waals surface area contributed by atoms with Crippen molar-refractivity contribution in [2.45, 2.75) is 33.1 Å². The quantitative estimate of drug-likeness (QED) is 0.708. The fourth-order valence-electron chi connectivity index (χ4n) is 1.36. The molecule has 3 heteroatoms. The van der Waals surface area contributed by atoms with Crippen molar-refractivity contribution in [1.82, 2.24) is 0 Å². The van der Waals surface area contributed by atoms with Gasteiger partial charge in [0.2, 0.25) is 0 Å². The molecule has 0 bridgehead atoms. The molecule has 0 N–H and O–H groups in total. The molecule has 0 heterocycles. The molecule has 0 amide bonds. The number of hydrogen-bond acceptors (Lipinski definition) is 2. The van der Waals surface area contributed by atoms with Gasteiger partial charge >= 0.3 is 0 Å². The Morgan fingerprint density at radius 1 is 1.44 bits per heavy atom. The van der Waals surface area contributed by atoms with E-state index in [1.165, 1.54) is 0 Å². The lowest BCUT2D eigenvalue weighted by atomic mass is 10.2. The van der Waals surface area contributed by atoms with Gasteiger partial charge in [0.25, 0.3) is 0 Å². The topological polar surface area (TPSA) is 26.3 Å². The average molecular weight is 241 g/mol. The van der Waals surface area contributed by atoms with E-state index in [1.807, 2.05) is 26.0 Å². The smallest absolute Gasteiger partial charge is 0.132 e. The van der Waals surface area contributed by atoms with E-state index in [0.717, 1.165) is 17.7 Å². The van der Waals surface area contributed by atoms with E-state index in [4.69, 9.17) is 16.3 Å². The van der Waals surface area contributed by atoms with Crippen molar-refractivity contribution in [3.8, 4) is 5.75 Å². The van der Waals surface area contributed by atoms with Crippen LogP contribution in [-0.4, -0.2) is 12.4 Å². The third-order valence-electron chi connectivity index (χ3n) is 2.40. The molecule has 1 aromatic carbocycles. The summed E-state index contributed by atoms with van der Waals surface area (Å²) >= 11 is 5.87. The second-order valence-corrected chi connectivity index (χ2v) is 4.19. The minimum Gasteiger partial charge on any atom is -0.493 e. The first kappa shape index (κ1) is 13.0. The third kappa shape index (κ3) is 4.23. The van der Waals surface area contributed by atoms with Crippen molar-refractivity contribution >= 4 is 17.4 Å². The minimum atomic E-state index is 0.284. The highest BCUT2D eigenvalue weighted by Gasteiger charge is 2.02. The number of carbonyl (C=O) groups is 1. The van der Waals surface area contributed by atoms with Crippen LogP contribution in [0.1, 0.15) is 31.7 Å². The Kier molecular flexibility index (Phi) is 5.33. The zero-order valence-corrected chi connectivity index (χ0v) is 10.5. The average Bonchev–Trinajstić information content (AvgIpc) is 2.28. The normalized spacial score (nSPS) is 10.2. The van der Waals surface area contributed by atoms with Crippen molar-refractivity contribution in [2.75, 3.05) is 6.61 Å². The SMILES string of the molecule is CCC(=O)CCCOc1cc(Cl)ccc1C. The Morgan fingerprint density at radius 2 is 2.19 bits per heavy atom. The maximum atomic E-state index is 11.1. The maximum Gasteiger partial charge on any atom is 0.132 e. The highest BCUT2D eigenvalue weighted by atomic mass is 35.5. The number of rotatable bonds is 6. The van der Waals surface area contributed by atoms with E-state index < -0.39 is 0 Å². The predicted molar refractivity (Wildman–Crippen MR) is 66.2 cm³/mol. The van der Waals surface area contributed by atoms with Crippen LogP contribution in [0.25, 0.3) is 0 Å². The zero-order chi connectivity index (χ0) is 12.0. The van der Waals surface area contributed by atoms with Crippen LogP contribution in [0.5, 0.6) is 5.75 Å². The van der Waals surface area contributed by atoms with Gasteiger partial charge in [-0.3, -0.25) is 4.79 Å². The number of halogens is 1. The van der Waals surface area contributed by atoms with Gasteiger partial charge in [-0.15, -0.1) is 0 Å². The summed E-state index contributed by atoms with van der Waals surface area (Å²) < 4.78 is 5.58. The molecule has 0 aliphatic rings. The number of ether oxygens (including phenoxy) is 1. The number of Topliss-reactive ketones (excluding diaryl/α,β-unsaturated/α-hetero) is 1. The second kappa shape index (κ2) is 6.54. The van der Waals surface area contributed by atoms with Gasteiger partial charge in [-0.2, -0.15) is 0 Å². The van der Waals surface area contributed by atoms with Crippen molar-refractivity contribution in [3.63, 3.8) is 0 Å². The number of hydrogen-bond donors (Lipinski definition) is 0. The lowest BCUT2D eigenvalue weighted by molar-refractivity contribution is -0.118. The Hall–Kier alpha value is -1.02. The summed E-state index contributed by atoms with van der Waals surface area (Å²) in [6.07, 6.45) is 1.96. The molecule has 0 saturated heterocycles. The van der Waals surface area contributed by atoms with Crippen molar-refractivity contribution in [3.05, 3.63) is 28.8 Å². The van der Waals surface area contributed by atoms with Crippen LogP contribution >= 0.6 is 11.6 Å². The fourth-order valence-corrected chi connectivity index (χ4v) is 1.52. The molecule has 0 unspecified atom stereocenters. The largest absolute Gasteiger partial charge is 0.493 e. The van der Waals surface area contributed by atoms with Gasteiger partial charge in [0.15, 0.2) is 0 Å². The van der Waals surface area contributed by atoms with Gasteiger partial charge < -0.3 is 4.74 Å². The van der Waals surface area contributed by atoms with E-state index in [1.54, 1.807) is 6.07 Å². The summed E-state index contributed by atoms with van der Waals surface area (Å²) in [5.41, 5.74) is 1.06. The van der Waals surface area contributed by atoms with Crippen LogP contribution in [0.4, 0.5) is 0 Å². The van der Waals surface area contributed by atoms with Gasteiger partial charge in [-0.05, 0) is 31.0 Å². The van der Waals surface area contributed by atoms with E-state index in [2.05, 4.69) is 0 Å². The Morgan fingerprint density at radius 3 is 2.88 bits per heavy atom. The van der Waals surface area contributed by atoms with E-state index >= 15 is 0 Å². The van der Waals surface area contributed by atoms with Gasteiger partial charge in [0, 0.05) is 17.9 Å². The minimum absolute atomic E-state index is 0.284. The van der Waals surface area contributed by atoms with Gasteiger partial charge in [-0.1, -0.05) is 24.6 Å². The molecule has 2 nitrogen and oxygen atoms in total. The van der Waals surface area contributed by atoms with E-state index in [9.17, 15) is 4.79 Å². The molecular formula is C13H17ClO2. The molecule has 0 aliphatic carbocycles. The molecule has 88 valence electrons. The lowest BCUT2D eigenvalue weighted by Gasteiger charge is -2.08. The Labute approximate surface area is 102 Å². The molecule has 0 atom stereocenters. The van der Waals surface area contributed by atoms with E-state index in [-0.39, 0.29) is 5.78 Å². The second-order valence-electron chi connectivity index (χ2n) is 3.75. The number of aryl methyl sites for hydroxylation is 1. The molecule has 0 radical (unpaired) electrons. The summed E-state index contributed by atoms with van der Waals surface area (Å²) in [6, 6.07) is 5.57. The molecule has 0 saturated carbocycles. The standard InChI is InChI=1S/C13H17ClO2/c1-3-12(15)5-4-8-16-13-9-11(14)7-6-10(13)2/h6-7,9H,3-5,8H2,1-2H3. The fraction of sp³-hybridized carbons (Fsp3) is 0.462. The van der Waals surface area contributed by atoms with Crippen LogP contribution in [-0.2, 0) is 4.79 Å². The van der Waals surface area contributed by atoms with Crippen LogP contribution < -0.4 is 4.74 Å². The molecule has 0 aliphatic heterocycles. The number of carbonyl (C=O) groups excluding carboxylic acids is 1. The summed E-state index contributed by atoms with van der Waals surface area (Å²) in [5.74, 6) is 1.09. The van der Waals surface area contributed by atoms with Crippen LogP contribution in [0.3, 0.4) is 0 Å². The summed E-state index contributed by atoms with van der Waals surface area (Å²) in [6.45, 7) is 4.42. The van der Waals surface area contributed by atoms with Gasteiger partial charge in [0.05, 0.1) is 6.61 Å². The molecule has 0 spiro atoms. The van der Waals surface area contributed by atoms with Crippen molar-refractivity contribution in [1.29, 1.82) is 0 Å². The first-order valence-corrected chi connectivity index (χ1v) is 5.92. The van der Waals surface area contributed by atoms with Crippen molar-refractivity contribution in [2.24, 2.45) is 0 Å². The first-order valence-electron chi connectivity index (χ1n) is 5.54. The lowest BCUT2D eigenvalue weighted by Crippen LogP contribution is -2.02. The van der Waals surface area contributed by atoms with Crippen LogP contribution in [0.2, 0.25) is 5.02 Å². The molecule has 1 rings (SSSR count). The molecule has 16 heavy (non-hydrogen) atoms. The summed E-state index contributed by atoms with van der Waals surface area (Å²) in [5, 5.41) is 0.672. The summed E-state index contributed by atoms with van der Waals surface area (Å²) in [4.78, 5) is 11.1. The highest BCUT2D eigenvalue weighted by Crippen LogP contribution is 2.22. The Balaban J connectivity index is 2.37. The zero-order valence-electron chi connectivity index (χ0n) is 9.75.